The first-order valence-electron chi connectivity index (χ1n) is 24.0. The van der Waals surface area contributed by atoms with E-state index in [9.17, 15) is 48.3 Å². The smallest absolute Gasteiger partial charge is 0.224 e. The molecule has 21 heteroatoms. The van der Waals surface area contributed by atoms with Gasteiger partial charge in [0.15, 0.2) is 29.1 Å². The van der Waals surface area contributed by atoms with E-state index in [-0.39, 0.29) is 106 Å². The maximum Gasteiger partial charge on any atom is 0.224 e. The maximum absolute atomic E-state index is 14.3. The van der Waals surface area contributed by atoms with E-state index < -0.39 is 88.9 Å². The third-order valence-electron chi connectivity index (χ3n) is 12.2. The molecule has 0 radical (unpaired) electrons. The Morgan fingerprint density at radius 2 is 1.12 bits per heavy atom. The molecule has 0 fully saturated rings. The van der Waals surface area contributed by atoms with Gasteiger partial charge in [0.1, 0.15) is 5.75 Å². The number of carbonyl (C=O) groups is 9. The van der Waals surface area contributed by atoms with Gasteiger partial charge in [-0.3, -0.25) is 48.1 Å². The van der Waals surface area contributed by atoms with Gasteiger partial charge in [0.2, 0.25) is 29.5 Å². The topological polar surface area (TPSA) is 390 Å². The van der Waals surface area contributed by atoms with Crippen molar-refractivity contribution < 1.29 is 48.3 Å². The lowest BCUT2D eigenvalue weighted by molar-refractivity contribution is -0.136. The molecular formula is C48H81N11O10. The Labute approximate surface area is 406 Å². The second-order valence-electron chi connectivity index (χ2n) is 18.3. The highest BCUT2D eigenvalue weighted by Gasteiger charge is 2.35. The number of aliphatic imine (C=N–C) groups is 1. The predicted molar refractivity (Wildman–Crippen MR) is 262 cm³/mol. The lowest BCUT2D eigenvalue weighted by atomic mass is 9.87. The van der Waals surface area contributed by atoms with E-state index in [4.69, 9.17) is 34.4 Å². The second-order valence-corrected chi connectivity index (χ2v) is 18.3. The van der Waals surface area contributed by atoms with Crippen molar-refractivity contribution in [1.82, 2.24) is 21.3 Å². The molecule has 8 atom stereocenters. The fraction of sp³-hybridized carbons (Fsp3) is 0.667. The number of carbonyl (C=O) groups excluding carboxylic acids is 9. The van der Waals surface area contributed by atoms with Crippen molar-refractivity contribution in [3.63, 3.8) is 0 Å². The molecule has 0 spiro atoms. The monoisotopic (exact) mass is 972 g/mol. The molecule has 0 aromatic heterocycles. The minimum absolute atomic E-state index is 0.00195. The number of hydrogen-bond acceptors (Lipinski definition) is 14. The molecule has 0 aliphatic heterocycles. The third kappa shape index (κ3) is 24.4. The number of ketones is 4. The van der Waals surface area contributed by atoms with Crippen LogP contribution in [-0.4, -0.2) is 115 Å². The Bertz CT molecular complexity index is 1870. The molecule has 0 aliphatic rings. The van der Waals surface area contributed by atoms with E-state index >= 15 is 0 Å². The highest BCUT2D eigenvalue weighted by molar-refractivity contribution is 5.97. The molecule has 0 saturated heterocycles. The third-order valence-corrected chi connectivity index (χ3v) is 12.2. The van der Waals surface area contributed by atoms with Crippen LogP contribution in [0.3, 0.4) is 0 Å². The molecule has 388 valence electrons. The average Bonchev–Trinajstić information content (AvgIpc) is 3.28. The zero-order valence-corrected chi connectivity index (χ0v) is 41.3. The van der Waals surface area contributed by atoms with Crippen LogP contribution < -0.4 is 55.7 Å². The van der Waals surface area contributed by atoms with Crippen molar-refractivity contribution in [2.45, 2.75) is 148 Å². The Morgan fingerprint density at radius 1 is 0.594 bits per heavy atom. The molecule has 21 nitrogen and oxygen atoms in total. The lowest BCUT2D eigenvalue weighted by Gasteiger charge is -2.26. The van der Waals surface area contributed by atoms with Crippen molar-refractivity contribution in [3.05, 3.63) is 29.8 Å². The molecule has 69 heavy (non-hydrogen) atoms. The molecule has 1 aromatic rings. The highest BCUT2D eigenvalue weighted by Crippen LogP contribution is 2.23. The number of likely N-dealkylation sites (N-methyl/N-ethyl adjacent to an activating group) is 1. The number of hydrogen-bond donors (Lipinski definition) is 11. The number of primary amides is 2. The van der Waals surface area contributed by atoms with E-state index in [0.717, 1.165) is 0 Å². The zero-order valence-electron chi connectivity index (χ0n) is 41.3. The van der Waals surface area contributed by atoms with Gasteiger partial charge in [-0.1, -0.05) is 39.3 Å². The van der Waals surface area contributed by atoms with Crippen molar-refractivity contribution >= 4 is 58.6 Å². The summed E-state index contributed by atoms with van der Waals surface area (Å²) in [5, 5.41) is 21.1. The Kier molecular flexibility index (Phi) is 29.2. The lowest BCUT2D eigenvalue weighted by Crippen LogP contribution is -2.48. The van der Waals surface area contributed by atoms with E-state index in [1.807, 2.05) is 0 Å². The van der Waals surface area contributed by atoms with Gasteiger partial charge in [0.25, 0.3) is 0 Å². The molecule has 1 rings (SSSR count). The summed E-state index contributed by atoms with van der Waals surface area (Å²) in [4.78, 5) is 124. The van der Waals surface area contributed by atoms with Crippen LogP contribution in [-0.2, 0) is 49.6 Å². The number of nitrogens with zero attached hydrogens (tertiary/aromatic N) is 1. The van der Waals surface area contributed by atoms with E-state index in [1.165, 1.54) is 26.0 Å². The van der Waals surface area contributed by atoms with Crippen LogP contribution in [0.1, 0.15) is 123 Å². The minimum Gasteiger partial charge on any atom is -0.508 e. The number of nitrogens with two attached hydrogens (primary N) is 6. The van der Waals surface area contributed by atoms with Crippen LogP contribution in [0.2, 0.25) is 0 Å². The summed E-state index contributed by atoms with van der Waals surface area (Å²) in [7, 11) is 1.55. The van der Waals surface area contributed by atoms with Crippen LogP contribution >= 0.6 is 0 Å². The van der Waals surface area contributed by atoms with Gasteiger partial charge in [0.05, 0.1) is 24.2 Å². The average molecular weight is 972 g/mol. The first-order valence-corrected chi connectivity index (χ1v) is 24.0. The fourth-order valence-electron chi connectivity index (χ4n) is 7.73. The summed E-state index contributed by atoms with van der Waals surface area (Å²) >= 11 is 0. The molecule has 0 heterocycles. The largest absolute Gasteiger partial charge is 0.508 e. The summed E-state index contributed by atoms with van der Waals surface area (Å²) in [6, 6.07) is 2.14. The predicted octanol–water partition coefficient (Wildman–Crippen LogP) is 0.0369. The molecule has 0 saturated carbocycles. The van der Waals surface area contributed by atoms with E-state index in [2.05, 4.69) is 26.3 Å². The Morgan fingerprint density at radius 3 is 1.65 bits per heavy atom. The standard InChI is InChI=1S/C48H81N11O10/c1-28(2)35(47(69)59-37(12-7-9-21-50)40(62)23-29(3)44(52)66)27-39(61)30(4)57-45(67)32(11-6-8-20-49)25-42(64)38(13-10-22-56-48(53)54)58-46(68)33(24-31-14-16-34(60)17-15-31)26-41(63)36(55-5)18-19-43(51)65/h14-17,28-30,32-33,35-38,55,60H,6-13,18-27,49-50H2,1-5H3,(H2,51,65)(H2,52,66)(H,57,67)(H,58,68)(H,59,69)(H4,53,54,56)/t29-,30+,32-,33-,35+,36+,37+,38+/m1/s1. The van der Waals surface area contributed by atoms with Gasteiger partial charge in [-0.15, -0.1) is 0 Å². The normalized spacial score (nSPS) is 14.7. The summed E-state index contributed by atoms with van der Waals surface area (Å²) in [5.41, 5.74) is 33.8. The summed E-state index contributed by atoms with van der Waals surface area (Å²) in [6.45, 7) is 7.34. The number of benzene rings is 1. The number of rotatable bonds is 38. The number of unbranched alkanes of at least 4 members (excludes halogenated alkanes) is 2. The number of nitrogens with one attached hydrogen (secondary N) is 4. The molecule has 17 N–H and O–H groups in total. The second kappa shape index (κ2) is 32.9. The molecule has 1 aromatic carbocycles. The van der Waals surface area contributed by atoms with E-state index in [0.29, 0.717) is 44.3 Å². The summed E-state index contributed by atoms with van der Waals surface area (Å²) in [6.07, 6.45) is 1.97. The maximum atomic E-state index is 14.3. The first-order chi connectivity index (χ1) is 32.5. The van der Waals surface area contributed by atoms with Gasteiger partial charge >= 0.3 is 0 Å². The Hall–Kier alpha value is -5.80. The van der Waals surface area contributed by atoms with Crippen LogP contribution in [0.25, 0.3) is 0 Å². The first kappa shape index (κ1) is 61.2. The molecule has 5 amide bonds. The highest BCUT2D eigenvalue weighted by atomic mass is 16.3. The quantitative estimate of drug-likeness (QED) is 0.0237. The molecular weight excluding hydrogens is 891 g/mol. The number of Topliss-reactive ketones (excluding diaryl/α,β-unsaturated/α-hetero) is 4. The fourth-order valence-corrected chi connectivity index (χ4v) is 7.73. The SMILES string of the molecule is CN[C@@H](CCC(N)=O)C(=O)C[C@@H](Cc1ccc(O)cc1)C(=O)N[C@@H](CCCN=C(N)N)C(=O)C[C@@H](CCCCN)C(=O)N[C@@H](C)C(=O)C[C@H](C(=O)N[C@@H](CCCCN)C(=O)C[C@@H](C)C(N)=O)C(C)C. The minimum atomic E-state index is -1.15. The van der Waals surface area contributed by atoms with Crippen molar-refractivity contribution in [2.24, 2.45) is 69.0 Å². The van der Waals surface area contributed by atoms with Gasteiger partial charge in [0, 0.05) is 62.3 Å². The molecule has 0 bridgehead atoms. The van der Waals surface area contributed by atoms with Gasteiger partial charge in [-0.25, -0.2) is 0 Å². The number of guanidine groups is 1. The summed E-state index contributed by atoms with van der Waals surface area (Å²) in [5.74, 6) is -8.81. The number of phenolic OH excluding ortho intramolecular Hbond substituents is 1. The van der Waals surface area contributed by atoms with Gasteiger partial charge in [-0.2, -0.15) is 0 Å². The van der Waals surface area contributed by atoms with Crippen LogP contribution in [0, 0.1) is 29.6 Å². The van der Waals surface area contributed by atoms with Crippen LogP contribution in [0.5, 0.6) is 5.75 Å². The molecule has 0 aliphatic carbocycles. The number of amides is 5. The zero-order chi connectivity index (χ0) is 52.2. The van der Waals surface area contributed by atoms with E-state index in [1.54, 1.807) is 33.0 Å². The van der Waals surface area contributed by atoms with Gasteiger partial charge in [-0.05, 0) is 108 Å². The molecule has 0 unspecified atom stereocenters. The van der Waals surface area contributed by atoms with Crippen molar-refractivity contribution in [2.75, 3.05) is 26.7 Å². The van der Waals surface area contributed by atoms with Crippen LogP contribution in [0.4, 0.5) is 0 Å². The number of aromatic hydroxyl groups is 1. The summed E-state index contributed by atoms with van der Waals surface area (Å²) < 4.78 is 0. The Balaban J connectivity index is 3.40. The number of phenols is 1. The van der Waals surface area contributed by atoms with Crippen LogP contribution in [0.15, 0.2) is 29.3 Å². The van der Waals surface area contributed by atoms with Gasteiger partial charge < -0.3 is 60.8 Å². The van der Waals surface area contributed by atoms with Crippen molar-refractivity contribution in [1.29, 1.82) is 0 Å². The van der Waals surface area contributed by atoms with Crippen molar-refractivity contribution in [3.8, 4) is 5.75 Å².